The summed E-state index contributed by atoms with van der Waals surface area (Å²) in [5, 5.41) is 0. The zero-order valence-corrected chi connectivity index (χ0v) is 11.2. The van der Waals surface area contributed by atoms with E-state index in [9.17, 15) is 13.2 Å². The molecular weight excluding hydrogens is 265 g/mol. The second-order valence-corrected chi connectivity index (χ2v) is 4.82. The Bertz CT molecular complexity index is 571. The molecule has 0 aromatic heterocycles. The van der Waals surface area contributed by atoms with E-state index in [2.05, 4.69) is 13.8 Å². The minimum Gasteiger partial charge on any atom is -0.457 e. The maximum atomic E-state index is 12.8. The summed E-state index contributed by atoms with van der Waals surface area (Å²) in [6.07, 6.45) is -4.42. The summed E-state index contributed by atoms with van der Waals surface area (Å²) < 4.78 is 43.9. The standard InChI is InChI=1S/C16H15F3O/c1-11(2)12-7-9-13(10-8-12)20-15-6-4-3-5-14(15)16(17,18)19/h3-11H,1-2H3. The summed E-state index contributed by atoms with van der Waals surface area (Å²) in [5.74, 6) is 0.579. The summed E-state index contributed by atoms with van der Waals surface area (Å²) in [4.78, 5) is 0. The van der Waals surface area contributed by atoms with Crippen LogP contribution in [0.1, 0.15) is 30.9 Å². The van der Waals surface area contributed by atoms with Crippen LogP contribution < -0.4 is 4.74 Å². The Hall–Kier alpha value is -1.97. The predicted octanol–water partition coefficient (Wildman–Crippen LogP) is 5.62. The molecule has 0 amide bonds. The van der Waals surface area contributed by atoms with Crippen molar-refractivity contribution in [3.05, 3.63) is 59.7 Å². The molecule has 0 aliphatic carbocycles. The first-order valence-electron chi connectivity index (χ1n) is 6.32. The van der Waals surface area contributed by atoms with E-state index in [1.54, 1.807) is 12.1 Å². The highest BCUT2D eigenvalue weighted by atomic mass is 19.4. The van der Waals surface area contributed by atoms with E-state index in [1.165, 1.54) is 18.2 Å². The van der Waals surface area contributed by atoms with Crippen LogP contribution in [-0.2, 0) is 6.18 Å². The number of benzene rings is 2. The van der Waals surface area contributed by atoms with Crippen molar-refractivity contribution >= 4 is 0 Å². The van der Waals surface area contributed by atoms with Gasteiger partial charge in [0.1, 0.15) is 11.5 Å². The van der Waals surface area contributed by atoms with Crippen molar-refractivity contribution in [2.75, 3.05) is 0 Å². The van der Waals surface area contributed by atoms with Crippen molar-refractivity contribution in [1.82, 2.24) is 0 Å². The van der Waals surface area contributed by atoms with Crippen LogP contribution in [0.25, 0.3) is 0 Å². The molecule has 0 atom stereocenters. The monoisotopic (exact) mass is 280 g/mol. The lowest BCUT2D eigenvalue weighted by atomic mass is 10.0. The minimum absolute atomic E-state index is 0.183. The van der Waals surface area contributed by atoms with E-state index in [0.717, 1.165) is 11.6 Å². The van der Waals surface area contributed by atoms with Crippen molar-refractivity contribution in [1.29, 1.82) is 0 Å². The first kappa shape index (κ1) is 14.4. The van der Waals surface area contributed by atoms with Crippen LogP contribution in [0.5, 0.6) is 11.5 Å². The number of hydrogen-bond donors (Lipinski definition) is 0. The summed E-state index contributed by atoms with van der Waals surface area (Å²) in [7, 11) is 0. The topological polar surface area (TPSA) is 9.23 Å². The van der Waals surface area contributed by atoms with E-state index < -0.39 is 11.7 Å². The second kappa shape index (κ2) is 5.57. The van der Waals surface area contributed by atoms with Gasteiger partial charge in [-0.3, -0.25) is 0 Å². The quantitative estimate of drug-likeness (QED) is 0.709. The molecule has 2 aromatic carbocycles. The van der Waals surface area contributed by atoms with Crippen molar-refractivity contribution in [3.8, 4) is 11.5 Å². The molecule has 0 aliphatic heterocycles. The van der Waals surface area contributed by atoms with Gasteiger partial charge in [-0.1, -0.05) is 38.1 Å². The highest BCUT2D eigenvalue weighted by Gasteiger charge is 2.34. The van der Waals surface area contributed by atoms with Crippen molar-refractivity contribution < 1.29 is 17.9 Å². The van der Waals surface area contributed by atoms with Gasteiger partial charge in [0.25, 0.3) is 0 Å². The molecule has 0 bridgehead atoms. The van der Waals surface area contributed by atoms with Gasteiger partial charge in [0.2, 0.25) is 0 Å². The van der Waals surface area contributed by atoms with Crippen LogP contribution >= 0.6 is 0 Å². The molecular formula is C16H15F3O. The molecule has 0 aliphatic rings. The van der Waals surface area contributed by atoms with E-state index in [0.29, 0.717) is 11.7 Å². The largest absolute Gasteiger partial charge is 0.457 e. The average Bonchev–Trinajstić information content (AvgIpc) is 2.38. The third-order valence-electron chi connectivity index (χ3n) is 2.97. The third kappa shape index (κ3) is 3.32. The van der Waals surface area contributed by atoms with Gasteiger partial charge in [-0.15, -0.1) is 0 Å². The van der Waals surface area contributed by atoms with Crippen molar-refractivity contribution in [3.63, 3.8) is 0 Å². The molecule has 0 radical (unpaired) electrons. The van der Waals surface area contributed by atoms with Crippen LogP contribution in [0.4, 0.5) is 13.2 Å². The highest BCUT2D eigenvalue weighted by Crippen LogP contribution is 2.37. The Kier molecular flexibility index (Phi) is 4.02. The second-order valence-electron chi connectivity index (χ2n) is 4.82. The van der Waals surface area contributed by atoms with Gasteiger partial charge < -0.3 is 4.74 Å². The zero-order chi connectivity index (χ0) is 14.8. The SMILES string of the molecule is CC(C)c1ccc(Oc2ccccc2C(F)(F)F)cc1. The molecule has 4 heteroatoms. The van der Waals surface area contributed by atoms with Crippen LogP contribution in [0.3, 0.4) is 0 Å². The van der Waals surface area contributed by atoms with Crippen LogP contribution in [0, 0.1) is 0 Å². The van der Waals surface area contributed by atoms with Crippen LogP contribution in [0.15, 0.2) is 48.5 Å². The molecule has 0 fully saturated rings. The summed E-state index contributed by atoms with van der Waals surface area (Å²) in [5.41, 5.74) is 0.342. The lowest BCUT2D eigenvalue weighted by Gasteiger charge is -2.14. The fraction of sp³-hybridized carbons (Fsp3) is 0.250. The lowest BCUT2D eigenvalue weighted by molar-refractivity contribution is -0.138. The summed E-state index contributed by atoms with van der Waals surface area (Å²) in [6, 6.07) is 12.3. The van der Waals surface area contributed by atoms with Crippen LogP contribution in [0.2, 0.25) is 0 Å². The van der Waals surface area contributed by atoms with E-state index >= 15 is 0 Å². The highest BCUT2D eigenvalue weighted by molar-refractivity contribution is 5.40. The van der Waals surface area contributed by atoms with Gasteiger partial charge >= 0.3 is 6.18 Å². The number of rotatable bonds is 3. The number of halogens is 3. The maximum Gasteiger partial charge on any atom is 0.419 e. The molecule has 0 N–H and O–H groups in total. The van der Waals surface area contributed by atoms with Gasteiger partial charge in [0.05, 0.1) is 5.56 Å². The van der Waals surface area contributed by atoms with Gasteiger partial charge in [0.15, 0.2) is 0 Å². The number of hydrogen-bond acceptors (Lipinski definition) is 1. The molecule has 1 nitrogen and oxygen atoms in total. The number of ether oxygens (including phenoxy) is 1. The normalized spacial score (nSPS) is 11.7. The maximum absolute atomic E-state index is 12.8. The molecule has 2 aromatic rings. The Morgan fingerprint density at radius 1 is 0.900 bits per heavy atom. The Labute approximate surface area is 116 Å². The first-order valence-corrected chi connectivity index (χ1v) is 6.32. The van der Waals surface area contributed by atoms with Gasteiger partial charge in [-0.05, 0) is 35.7 Å². The smallest absolute Gasteiger partial charge is 0.419 e. The summed E-state index contributed by atoms with van der Waals surface area (Å²) in [6.45, 7) is 4.10. The van der Waals surface area contributed by atoms with Gasteiger partial charge in [0, 0.05) is 0 Å². The Morgan fingerprint density at radius 3 is 2.05 bits per heavy atom. The zero-order valence-electron chi connectivity index (χ0n) is 11.2. The number of alkyl halides is 3. The Balaban J connectivity index is 2.26. The predicted molar refractivity (Wildman–Crippen MR) is 72.0 cm³/mol. The summed E-state index contributed by atoms with van der Waals surface area (Å²) >= 11 is 0. The molecule has 0 spiro atoms. The average molecular weight is 280 g/mol. The van der Waals surface area contributed by atoms with Crippen molar-refractivity contribution in [2.24, 2.45) is 0 Å². The molecule has 106 valence electrons. The molecule has 0 saturated heterocycles. The van der Waals surface area contributed by atoms with Gasteiger partial charge in [-0.2, -0.15) is 13.2 Å². The van der Waals surface area contributed by atoms with E-state index in [-0.39, 0.29) is 5.75 Å². The van der Waals surface area contributed by atoms with E-state index in [1.807, 2.05) is 12.1 Å². The van der Waals surface area contributed by atoms with Crippen molar-refractivity contribution in [2.45, 2.75) is 25.9 Å². The molecule has 0 heterocycles. The third-order valence-corrected chi connectivity index (χ3v) is 2.97. The van der Waals surface area contributed by atoms with E-state index in [4.69, 9.17) is 4.74 Å². The fourth-order valence-corrected chi connectivity index (χ4v) is 1.84. The Morgan fingerprint density at radius 2 is 1.50 bits per heavy atom. The lowest BCUT2D eigenvalue weighted by Crippen LogP contribution is -2.06. The molecule has 2 rings (SSSR count). The first-order chi connectivity index (χ1) is 9.38. The van der Waals surface area contributed by atoms with Gasteiger partial charge in [-0.25, -0.2) is 0 Å². The molecule has 0 saturated carbocycles. The molecule has 20 heavy (non-hydrogen) atoms. The number of para-hydroxylation sites is 1. The van der Waals surface area contributed by atoms with Crippen LogP contribution in [-0.4, -0.2) is 0 Å². The fourth-order valence-electron chi connectivity index (χ4n) is 1.84. The molecule has 0 unspecified atom stereocenters. The minimum atomic E-state index is -4.42.